The number of imidazole rings is 1. The molecule has 68 valence electrons. The van der Waals surface area contributed by atoms with Crippen LogP contribution in [-0.4, -0.2) is 9.55 Å². The molecular formula is C11H14N2. The molecule has 0 saturated heterocycles. The van der Waals surface area contributed by atoms with Gasteiger partial charge in [-0.3, -0.25) is 0 Å². The zero-order valence-corrected chi connectivity index (χ0v) is 8.33. The number of nitrogens with zero attached hydrogens (tertiary/aromatic N) is 2. The average molecular weight is 174 g/mol. The molecule has 0 amide bonds. The second kappa shape index (κ2) is 2.87. The van der Waals surface area contributed by atoms with Crippen LogP contribution in [0.2, 0.25) is 0 Å². The van der Waals surface area contributed by atoms with E-state index in [2.05, 4.69) is 42.5 Å². The Morgan fingerprint density at radius 1 is 1.23 bits per heavy atom. The fraction of sp³-hybridized carbons (Fsp3) is 0.364. The molecule has 13 heavy (non-hydrogen) atoms. The largest absolute Gasteiger partial charge is 0.331 e. The van der Waals surface area contributed by atoms with Gasteiger partial charge >= 0.3 is 0 Å². The van der Waals surface area contributed by atoms with E-state index in [-0.39, 0.29) is 0 Å². The first-order chi connectivity index (χ1) is 6.22. The molecule has 2 aromatic rings. The first-order valence-electron chi connectivity index (χ1n) is 4.64. The first kappa shape index (κ1) is 8.30. The van der Waals surface area contributed by atoms with Crippen molar-refractivity contribution in [2.75, 3.05) is 0 Å². The van der Waals surface area contributed by atoms with Crippen molar-refractivity contribution in [3.05, 3.63) is 29.6 Å². The monoisotopic (exact) mass is 174 g/mol. The summed E-state index contributed by atoms with van der Waals surface area (Å²) in [7, 11) is 0. The van der Waals surface area contributed by atoms with Crippen LogP contribution in [0, 0.1) is 13.8 Å². The van der Waals surface area contributed by atoms with Crippen LogP contribution >= 0.6 is 0 Å². The minimum Gasteiger partial charge on any atom is -0.331 e. The lowest BCUT2D eigenvalue weighted by atomic mass is 10.1. The van der Waals surface area contributed by atoms with Crippen molar-refractivity contribution in [2.24, 2.45) is 0 Å². The van der Waals surface area contributed by atoms with Crippen molar-refractivity contribution in [3.8, 4) is 0 Å². The summed E-state index contributed by atoms with van der Waals surface area (Å²) in [4.78, 5) is 4.35. The van der Waals surface area contributed by atoms with Gasteiger partial charge < -0.3 is 4.57 Å². The minimum absolute atomic E-state index is 0.985. The molecule has 0 spiro atoms. The highest BCUT2D eigenvalue weighted by Crippen LogP contribution is 2.17. The van der Waals surface area contributed by atoms with Crippen LogP contribution in [0.4, 0.5) is 0 Å². The van der Waals surface area contributed by atoms with E-state index in [0.29, 0.717) is 0 Å². The van der Waals surface area contributed by atoms with Crippen LogP contribution in [0.5, 0.6) is 0 Å². The maximum atomic E-state index is 4.35. The van der Waals surface area contributed by atoms with Crippen molar-refractivity contribution in [2.45, 2.75) is 27.3 Å². The van der Waals surface area contributed by atoms with Gasteiger partial charge in [0.2, 0.25) is 0 Å². The van der Waals surface area contributed by atoms with Gasteiger partial charge in [0.15, 0.2) is 0 Å². The summed E-state index contributed by atoms with van der Waals surface area (Å²) in [6, 6.07) is 4.36. The molecule has 2 heteroatoms. The fourth-order valence-electron chi connectivity index (χ4n) is 1.57. The molecule has 0 radical (unpaired) electrons. The van der Waals surface area contributed by atoms with Gasteiger partial charge in [-0.25, -0.2) is 4.98 Å². The fourth-order valence-corrected chi connectivity index (χ4v) is 1.57. The number of hydrogen-bond donors (Lipinski definition) is 0. The van der Waals surface area contributed by atoms with Crippen molar-refractivity contribution >= 4 is 11.0 Å². The number of rotatable bonds is 1. The van der Waals surface area contributed by atoms with Gasteiger partial charge in [-0.15, -0.1) is 0 Å². The molecule has 2 nitrogen and oxygen atoms in total. The lowest BCUT2D eigenvalue weighted by Crippen LogP contribution is -1.91. The van der Waals surface area contributed by atoms with Crippen molar-refractivity contribution in [1.82, 2.24) is 9.55 Å². The molecular weight excluding hydrogens is 160 g/mol. The predicted molar refractivity (Wildman–Crippen MR) is 54.9 cm³/mol. The Kier molecular flexibility index (Phi) is 1.83. The molecule has 0 aliphatic carbocycles. The Bertz CT molecular complexity index is 441. The Hall–Kier alpha value is -1.31. The highest BCUT2D eigenvalue weighted by atomic mass is 15.0. The van der Waals surface area contributed by atoms with Crippen LogP contribution in [0.3, 0.4) is 0 Å². The van der Waals surface area contributed by atoms with Gasteiger partial charge in [0.05, 0.1) is 17.4 Å². The summed E-state index contributed by atoms with van der Waals surface area (Å²) in [5.74, 6) is 0. The SMILES string of the molecule is CCn1cnc2cc(C)c(C)cc21. The van der Waals surface area contributed by atoms with Crippen LogP contribution in [-0.2, 0) is 6.54 Å². The van der Waals surface area contributed by atoms with E-state index in [4.69, 9.17) is 0 Å². The van der Waals surface area contributed by atoms with Crippen LogP contribution in [0.15, 0.2) is 18.5 Å². The van der Waals surface area contributed by atoms with Crippen LogP contribution in [0.1, 0.15) is 18.1 Å². The summed E-state index contributed by atoms with van der Waals surface area (Å²) in [6.07, 6.45) is 1.91. The molecule has 1 aromatic heterocycles. The van der Waals surface area contributed by atoms with E-state index in [1.165, 1.54) is 16.6 Å². The molecule has 2 rings (SSSR count). The summed E-state index contributed by atoms with van der Waals surface area (Å²) in [5, 5.41) is 0. The van der Waals surface area contributed by atoms with Gasteiger partial charge in [-0.1, -0.05) is 0 Å². The zero-order valence-electron chi connectivity index (χ0n) is 8.33. The van der Waals surface area contributed by atoms with Crippen LogP contribution < -0.4 is 0 Å². The van der Waals surface area contributed by atoms with Crippen LogP contribution in [0.25, 0.3) is 11.0 Å². The van der Waals surface area contributed by atoms with E-state index in [1.807, 2.05) is 6.33 Å². The minimum atomic E-state index is 0.985. The lowest BCUT2D eigenvalue weighted by molar-refractivity contribution is 0.787. The third-order valence-electron chi connectivity index (χ3n) is 2.58. The first-order valence-corrected chi connectivity index (χ1v) is 4.64. The Morgan fingerprint density at radius 3 is 2.62 bits per heavy atom. The van der Waals surface area contributed by atoms with Crippen molar-refractivity contribution in [1.29, 1.82) is 0 Å². The Labute approximate surface area is 78.2 Å². The molecule has 0 fully saturated rings. The number of benzene rings is 1. The van der Waals surface area contributed by atoms with Gasteiger partial charge in [0, 0.05) is 6.54 Å². The number of aromatic nitrogens is 2. The summed E-state index contributed by atoms with van der Waals surface area (Å²) < 4.78 is 2.17. The van der Waals surface area contributed by atoms with E-state index < -0.39 is 0 Å². The van der Waals surface area contributed by atoms with Gasteiger partial charge in [0.1, 0.15) is 0 Å². The Balaban J connectivity index is 2.77. The van der Waals surface area contributed by atoms with E-state index in [9.17, 15) is 0 Å². The maximum absolute atomic E-state index is 4.35. The van der Waals surface area contributed by atoms with E-state index >= 15 is 0 Å². The highest BCUT2D eigenvalue weighted by molar-refractivity contribution is 5.77. The van der Waals surface area contributed by atoms with E-state index in [0.717, 1.165) is 12.1 Å². The average Bonchev–Trinajstić information content (AvgIpc) is 2.48. The quantitative estimate of drug-likeness (QED) is 0.650. The molecule has 0 unspecified atom stereocenters. The smallest absolute Gasteiger partial charge is 0.0958 e. The summed E-state index contributed by atoms with van der Waals surface area (Å²) in [6.45, 7) is 7.39. The van der Waals surface area contributed by atoms with Crippen molar-refractivity contribution in [3.63, 3.8) is 0 Å². The molecule has 0 saturated carbocycles. The molecule has 1 heterocycles. The number of aryl methyl sites for hydroxylation is 3. The standard InChI is InChI=1S/C11H14N2/c1-4-13-7-12-10-5-8(2)9(3)6-11(10)13/h5-7H,4H2,1-3H3. The maximum Gasteiger partial charge on any atom is 0.0958 e. The third kappa shape index (κ3) is 1.22. The predicted octanol–water partition coefficient (Wildman–Crippen LogP) is 2.67. The van der Waals surface area contributed by atoms with Gasteiger partial charge in [-0.05, 0) is 44.0 Å². The molecule has 0 bridgehead atoms. The second-order valence-corrected chi connectivity index (χ2v) is 3.46. The van der Waals surface area contributed by atoms with E-state index in [1.54, 1.807) is 0 Å². The molecule has 0 N–H and O–H groups in total. The highest BCUT2D eigenvalue weighted by Gasteiger charge is 2.02. The van der Waals surface area contributed by atoms with Gasteiger partial charge in [0.25, 0.3) is 0 Å². The number of hydrogen-bond acceptors (Lipinski definition) is 1. The molecule has 0 aliphatic rings. The molecule has 0 aliphatic heterocycles. The van der Waals surface area contributed by atoms with Crippen molar-refractivity contribution < 1.29 is 0 Å². The lowest BCUT2D eigenvalue weighted by Gasteiger charge is -2.02. The number of fused-ring (bicyclic) bond motifs is 1. The topological polar surface area (TPSA) is 17.8 Å². The summed E-state index contributed by atoms with van der Waals surface area (Å²) in [5.41, 5.74) is 4.99. The second-order valence-electron chi connectivity index (χ2n) is 3.46. The third-order valence-corrected chi connectivity index (χ3v) is 2.58. The van der Waals surface area contributed by atoms with Gasteiger partial charge in [-0.2, -0.15) is 0 Å². The molecule has 1 aromatic carbocycles. The molecule has 0 atom stereocenters. The zero-order chi connectivity index (χ0) is 9.42. The Morgan fingerprint density at radius 2 is 1.92 bits per heavy atom. The summed E-state index contributed by atoms with van der Waals surface area (Å²) >= 11 is 0. The normalized spacial score (nSPS) is 11.0.